The number of hydrogen-bond acceptors (Lipinski definition) is 6. The Balaban J connectivity index is 0.000000396. The van der Waals surface area contributed by atoms with Gasteiger partial charge in [0.1, 0.15) is 5.75 Å². The van der Waals surface area contributed by atoms with Crippen LogP contribution in [0.25, 0.3) is 6.08 Å². The zero-order chi connectivity index (χ0) is 15.5. The highest BCUT2D eigenvalue weighted by Gasteiger charge is 2.10. The summed E-state index contributed by atoms with van der Waals surface area (Å²) in [6, 6.07) is 6.27. The average molecular weight is 318 g/mol. The molecule has 0 spiro atoms. The first kappa shape index (κ1) is 18.9. The molecule has 0 aliphatic heterocycles. The first-order chi connectivity index (χ1) is 9.40. The summed E-state index contributed by atoms with van der Waals surface area (Å²) < 4.78 is 0. The molecule has 4 N–H and O–H groups in total. The Morgan fingerprint density at radius 1 is 1.10 bits per heavy atom. The molecule has 20 heavy (non-hydrogen) atoms. The van der Waals surface area contributed by atoms with Gasteiger partial charge < -0.3 is 20.4 Å². The molecular formula is C13H18O5S2. The minimum absolute atomic E-state index is 0.169. The van der Waals surface area contributed by atoms with Crippen molar-refractivity contribution in [2.75, 3.05) is 11.5 Å². The average Bonchev–Trinajstić information content (AvgIpc) is 2.45. The SMILES string of the molecule is O=C(O)C=Cc1ccc(O)cc1.OC(CS)C(O)CS. The second-order valence-corrected chi connectivity index (χ2v) is 4.49. The van der Waals surface area contributed by atoms with Crippen LogP contribution in [0, 0.1) is 0 Å². The van der Waals surface area contributed by atoms with Gasteiger partial charge in [-0.15, -0.1) is 0 Å². The minimum Gasteiger partial charge on any atom is -0.508 e. The maximum atomic E-state index is 10.1. The fourth-order valence-electron chi connectivity index (χ4n) is 0.996. The molecule has 0 aromatic heterocycles. The van der Waals surface area contributed by atoms with Gasteiger partial charge in [-0.3, -0.25) is 0 Å². The zero-order valence-electron chi connectivity index (χ0n) is 10.6. The first-order valence-corrected chi connectivity index (χ1v) is 6.95. The van der Waals surface area contributed by atoms with Gasteiger partial charge in [0.2, 0.25) is 0 Å². The number of hydrogen-bond donors (Lipinski definition) is 6. The Labute approximate surface area is 128 Å². The summed E-state index contributed by atoms with van der Waals surface area (Å²) in [5, 5.41) is 34.7. The Morgan fingerprint density at radius 2 is 1.55 bits per heavy atom. The second-order valence-electron chi connectivity index (χ2n) is 3.76. The van der Waals surface area contributed by atoms with Crippen molar-refractivity contribution < 1.29 is 25.2 Å². The second kappa shape index (κ2) is 10.6. The molecule has 0 aliphatic carbocycles. The number of aliphatic hydroxyl groups excluding tert-OH is 2. The Bertz CT molecular complexity index is 411. The summed E-state index contributed by atoms with van der Waals surface area (Å²) in [5.41, 5.74) is 0.746. The van der Waals surface area contributed by atoms with E-state index in [1.54, 1.807) is 12.1 Å². The number of benzene rings is 1. The van der Waals surface area contributed by atoms with E-state index in [9.17, 15) is 4.79 Å². The van der Waals surface area contributed by atoms with Gasteiger partial charge in [-0.1, -0.05) is 12.1 Å². The number of rotatable bonds is 5. The number of aromatic hydroxyl groups is 1. The van der Waals surface area contributed by atoms with E-state index in [1.807, 2.05) is 0 Å². The molecular weight excluding hydrogens is 300 g/mol. The molecule has 0 bridgehead atoms. The molecule has 2 unspecified atom stereocenters. The molecule has 5 nitrogen and oxygen atoms in total. The van der Waals surface area contributed by atoms with Crippen LogP contribution in [0.3, 0.4) is 0 Å². The molecule has 0 heterocycles. The standard InChI is InChI=1S/C9H8O3.C4H10O2S2/c10-8-4-1-7(2-5-8)3-6-9(11)12;5-3(1-7)4(6)2-8/h1-6,10H,(H,11,12);3-8H,1-2H2. The van der Waals surface area contributed by atoms with Crippen LogP contribution in [-0.2, 0) is 4.79 Å². The van der Waals surface area contributed by atoms with Gasteiger partial charge in [-0.2, -0.15) is 25.3 Å². The van der Waals surface area contributed by atoms with Crippen molar-refractivity contribution in [2.24, 2.45) is 0 Å². The van der Waals surface area contributed by atoms with Crippen LogP contribution in [-0.4, -0.2) is 50.1 Å². The first-order valence-electron chi connectivity index (χ1n) is 5.68. The molecule has 0 aliphatic rings. The summed E-state index contributed by atoms with van der Waals surface area (Å²) in [6.07, 6.45) is 1.03. The number of thiol groups is 2. The molecule has 0 fully saturated rings. The molecule has 1 aromatic rings. The zero-order valence-corrected chi connectivity index (χ0v) is 12.4. The highest BCUT2D eigenvalue weighted by atomic mass is 32.1. The molecule has 1 aromatic carbocycles. The van der Waals surface area contributed by atoms with Crippen molar-refractivity contribution >= 4 is 37.3 Å². The maximum absolute atomic E-state index is 10.1. The predicted octanol–water partition coefficient (Wildman–Crippen LogP) is 1.06. The fraction of sp³-hybridized carbons (Fsp3) is 0.308. The van der Waals surface area contributed by atoms with E-state index < -0.39 is 18.2 Å². The highest BCUT2D eigenvalue weighted by Crippen LogP contribution is 2.10. The monoisotopic (exact) mass is 318 g/mol. The van der Waals surface area contributed by atoms with Gasteiger partial charge in [-0.05, 0) is 23.8 Å². The van der Waals surface area contributed by atoms with E-state index in [4.69, 9.17) is 20.4 Å². The van der Waals surface area contributed by atoms with Crippen molar-refractivity contribution in [3.05, 3.63) is 35.9 Å². The molecule has 0 saturated heterocycles. The fourth-order valence-corrected chi connectivity index (χ4v) is 1.48. The van der Waals surface area contributed by atoms with Gasteiger partial charge in [-0.25, -0.2) is 4.79 Å². The summed E-state index contributed by atoms with van der Waals surface area (Å²) >= 11 is 7.53. The normalized spacial score (nSPS) is 13.4. The number of carboxylic acids is 1. The van der Waals surface area contributed by atoms with Crippen LogP contribution in [0.4, 0.5) is 0 Å². The lowest BCUT2D eigenvalue weighted by Gasteiger charge is -2.11. The third-order valence-electron chi connectivity index (χ3n) is 2.13. The van der Waals surface area contributed by atoms with Crippen molar-refractivity contribution in [1.82, 2.24) is 0 Å². The summed E-state index contributed by atoms with van der Waals surface area (Å²) in [7, 11) is 0. The van der Waals surface area contributed by atoms with E-state index in [2.05, 4.69) is 25.3 Å². The molecule has 7 heteroatoms. The minimum atomic E-state index is -0.983. The van der Waals surface area contributed by atoms with E-state index in [0.29, 0.717) is 0 Å². The van der Waals surface area contributed by atoms with E-state index in [1.165, 1.54) is 18.2 Å². The molecule has 0 amide bonds. The van der Waals surface area contributed by atoms with Crippen LogP contribution in [0.2, 0.25) is 0 Å². The molecule has 2 atom stereocenters. The number of phenols is 1. The van der Waals surface area contributed by atoms with Crippen molar-refractivity contribution in [1.29, 1.82) is 0 Å². The molecule has 0 radical (unpaired) electrons. The molecule has 112 valence electrons. The summed E-state index contributed by atoms with van der Waals surface area (Å²) in [6.45, 7) is 0. The summed E-state index contributed by atoms with van der Waals surface area (Å²) in [5.74, 6) is -0.255. The van der Waals surface area contributed by atoms with Crippen molar-refractivity contribution in [3.8, 4) is 5.75 Å². The maximum Gasteiger partial charge on any atom is 0.328 e. The lowest BCUT2D eigenvalue weighted by molar-refractivity contribution is -0.131. The van der Waals surface area contributed by atoms with E-state index in [0.717, 1.165) is 11.6 Å². The van der Waals surface area contributed by atoms with Crippen LogP contribution < -0.4 is 0 Å². The van der Waals surface area contributed by atoms with Crippen LogP contribution in [0.15, 0.2) is 30.3 Å². The highest BCUT2D eigenvalue weighted by molar-refractivity contribution is 7.80. The van der Waals surface area contributed by atoms with Crippen LogP contribution in [0.1, 0.15) is 5.56 Å². The van der Waals surface area contributed by atoms with E-state index in [-0.39, 0.29) is 17.3 Å². The lowest BCUT2D eigenvalue weighted by atomic mass is 10.2. The third kappa shape index (κ3) is 8.87. The Hall–Kier alpha value is -1.15. The van der Waals surface area contributed by atoms with Gasteiger partial charge in [0.15, 0.2) is 0 Å². The number of carbonyl (C=O) groups is 1. The molecule has 0 saturated carbocycles. The largest absolute Gasteiger partial charge is 0.508 e. The Morgan fingerprint density at radius 3 is 1.90 bits per heavy atom. The lowest BCUT2D eigenvalue weighted by Crippen LogP contribution is -2.28. The predicted molar refractivity (Wildman–Crippen MR) is 84.5 cm³/mol. The number of phenolic OH excluding ortho intramolecular Hbond substituents is 1. The topological polar surface area (TPSA) is 98.0 Å². The van der Waals surface area contributed by atoms with Gasteiger partial charge in [0.25, 0.3) is 0 Å². The van der Waals surface area contributed by atoms with Crippen LogP contribution >= 0.6 is 25.3 Å². The van der Waals surface area contributed by atoms with Crippen LogP contribution in [0.5, 0.6) is 5.75 Å². The third-order valence-corrected chi connectivity index (χ3v) is 2.88. The Kier molecular flexibility index (Phi) is 10.0. The molecule has 1 rings (SSSR count). The number of carboxylic acid groups (broad SMARTS) is 1. The van der Waals surface area contributed by atoms with E-state index >= 15 is 0 Å². The van der Waals surface area contributed by atoms with Gasteiger partial charge in [0.05, 0.1) is 12.2 Å². The smallest absolute Gasteiger partial charge is 0.328 e. The summed E-state index contributed by atoms with van der Waals surface area (Å²) in [4.78, 5) is 10.1. The van der Waals surface area contributed by atoms with Crippen molar-refractivity contribution in [2.45, 2.75) is 12.2 Å². The van der Waals surface area contributed by atoms with Gasteiger partial charge in [0, 0.05) is 17.6 Å². The quantitative estimate of drug-likeness (QED) is 0.360. The number of aliphatic carboxylic acids is 1. The number of aliphatic hydroxyl groups is 2. The van der Waals surface area contributed by atoms with Crippen molar-refractivity contribution in [3.63, 3.8) is 0 Å². The van der Waals surface area contributed by atoms with Gasteiger partial charge >= 0.3 is 5.97 Å².